The number of fused-ring (bicyclic) bond motifs is 1. The lowest BCUT2D eigenvalue weighted by Crippen LogP contribution is -2.20. The first kappa shape index (κ1) is 11.1. The van der Waals surface area contributed by atoms with Crippen LogP contribution < -0.4 is 4.90 Å². The van der Waals surface area contributed by atoms with Gasteiger partial charge in [-0.15, -0.1) is 0 Å². The summed E-state index contributed by atoms with van der Waals surface area (Å²) in [5, 5.41) is 0. The highest BCUT2D eigenvalue weighted by molar-refractivity contribution is 14.1. The van der Waals surface area contributed by atoms with Crippen LogP contribution in [0.2, 0.25) is 0 Å². The van der Waals surface area contributed by atoms with E-state index >= 15 is 0 Å². The van der Waals surface area contributed by atoms with Gasteiger partial charge in [-0.2, -0.15) is 0 Å². The van der Waals surface area contributed by atoms with Crippen molar-refractivity contribution >= 4 is 28.3 Å². The molecule has 0 atom stereocenters. The first-order valence-electron chi connectivity index (χ1n) is 5.91. The van der Waals surface area contributed by atoms with Gasteiger partial charge in [-0.05, 0) is 52.3 Å². The first-order chi connectivity index (χ1) is 8.34. The Labute approximate surface area is 116 Å². The van der Waals surface area contributed by atoms with E-state index in [-0.39, 0.29) is 0 Å². The number of hydrogen-bond donors (Lipinski definition) is 0. The van der Waals surface area contributed by atoms with Crippen molar-refractivity contribution in [1.82, 2.24) is 0 Å². The fourth-order valence-electron chi connectivity index (χ4n) is 2.40. The van der Waals surface area contributed by atoms with Gasteiger partial charge in [-0.1, -0.05) is 36.4 Å². The van der Waals surface area contributed by atoms with Crippen molar-refractivity contribution in [3.63, 3.8) is 0 Å². The summed E-state index contributed by atoms with van der Waals surface area (Å²) in [5.74, 6) is 0. The van der Waals surface area contributed by atoms with Crippen LogP contribution in [-0.2, 0) is 13.0 Å². The average Bonchev–Trinajstić information content (AvgIpc) is 2.76. The molecule has 0 saturated carbocycles. The molecule has 0 radical (unpaired) electrons. The summed E-state index contributed by atoms with van der Waals surface area (Å²) in [6.45, 7) is 2.17. The molecule has 0 N–H and O–H groups in total. The van der Waals surface area contributed by atoms with E-state index in [0.717, 1.165) is 13.1 Å². The predicted molar refractivity (Wildman–Crippen MR) is 80.4 cm³/mol. The van der Waals surface area contributed by atoms with Gasteiger partial charge in [0.1, 0.15) is 0 Å². The summed E-state index contributed by atoms with van der Waals surface area (Å²) in [6.07, 6.45) is 1.18. The normalized spacial score (nSPS) is 13.8. The molecule has 2 aromatic carbocycles. The molecule has 0 saturated heterocycles. The minimum absolute atomic E-state index is 1.02. The monoisotopic (exact) mass is 335 g/mol. The van der Waals surface area contributed by atoms with E-state index in [1.54, 1.807) is 0 Å². The van der Waals surface area contributed by atoms with Crippen LogP contribution in [0.5, 0.6) is 0 Å². The van der Waals surface area contributed by atoms with Crippen LogP contribution in [0.1, 0.15) is 11.1 Å². The summed E-state index contributed by atoms with van der Waals surface area (Å²) in [5.41, 5.74) is 4.32. The van der Waals surface area contributed by atoms with E-state index in [1.807, 2.05) is 0 Å². The number of benzene rings is 2. The molecule has 0 bridgehead atoms. The molecule has 0 amide bonds. The van der Waals surface area contributed by atoms with Gasteiger partial charge in [0.15, 0.2) is 0 Å². The maximum atomic E-state index is 2.48. The second-order valence-corrected chi connectivity index (χ2v) is 5.55. The Hall–Kier alpha value is -1.03. The van der Waals surface area contributed by atoms with Crippen molar-refractivity contribution in [2.24, 2.45) is 0 Å². The van der Waals surface area contributed by atoms with E-state index in [1.165, 1.54) is 26.8 Å². The third kappa shape index (κ3) is 2.18. The smallest absolute Gasteiger partial charge is 0.0440 e. The largest absolute Gasteiger partial charge is 0.367 e. The van der Waals surface area contributed by atoms with Crippen LogP contribution in [-0.4, -0.2) is 6.54 Å². The molecule has 0 unspecified atom stereocenters. The van der Waals surface area contributed by atoms with Gasteiger partial charge >= 0.3 is 0 Å². The topological polar surface area (TPSA) is 3.24 Å². The Bertz CT molecular complexity index is 536. The standard InChI is InChI=1S/C15H14IN/c16-14-7-3-1-6-13(14)11-17-10-9-12-5-2-4-8-15(12)17/h1-8H,9-11H2. The fourth-order valence-corrected chi connectivity index (χ4v) is 2.96. The van der Waals surface area contributed by atoms with Crippen molar-refractivity contribution in [2.75, 3.05) is 11.4 Å². The Morgan fingerprint density at radius 3 is 2.65 bits per heavy atom. The van der Waals surface area contributed by atoms with Gasteiger partial charge in [0.2, 0.25) is 0 Å². The molecule has 0 fully saturated rings. The van der Waals surface area contributed by atoms with Crippen LogP contribution in [0.4, 0.5) is 5.69 Å². The van der Waals surface area contributed by atoms with Crippen LogP contribution >= 0.6 is 22.6 Å². The van der Waals surface area contributed by atoms with Crippen molar-refractivity contribution in [2.45, 2.75) is 13.0 Å². The van der Waals surface area contributed by atoms with Crippen LogP contribution in [0.15, 0.2) is 48.5 Å². The minimum atomic E-state index is 1.02. The molecule has 0 aliphatic carbocycles. The molecule has 3 rings (SSSR count). The first-order valence-corrected chi connectivity index (χ1v) is 6.99. The van der Waals surface area contributed by atoms with E-state index in [9.17, 15) is 0 Å². The van der Waals surface area contributed by atoms with Gasteiger partial charge in [0.05, 0.1) is 0 Å². The lowest BCUT2D eigenvalue weighted by molar-refractivity contribution is 0.833. The third-order valence-electron chi connectivity index (χ3n) is 3.30. The summed E-state index contributed by atoms with van der Waals surface area (Å²) in [4.78, 5) is 2.48. The molecular weight excluding hydrogens is 321 g/mol. The fraction of sp³-hybridized carbons (Fsp3) is 0.200. The summed E-state index contributed by atoms with van der Waals surface area (Å²) in [7, 11) is 0. The SMILES string of the molecule is Ic1ccccc1CN1CCc2ccccc21. The third-order valence-corrected chi connectivity index (χ3v) is 4.35. The molecule has 2 heteroatoms. The number of para-hydroxylation sites is 1. The van der Waals surface area contributed by atoms with E-state index in [4.69, 9.17) is 0 Å². The zero-order valence-corrected chi connectivity index (χ0v) is 11.7. The summed E-state index contributed by atoms with van der Waals surface area (Å²) >= 11 is 2.42. The highest BCUT2D eigenvalue weighted by Gasteiger charge is 2.18. The Balaban J connectivity index is 1.87. The molecule has 0 aromatic heterocycles. The quantitative estimate of drug-likeness (QED) is 0.754. The van der Waals surface area contributed by atoms with Crippen molar-refractivity contribution in [1.29, 1.82) is 0 Å². The zero-order chi connectivity index (χ0) is 11.7. The second kappa shape index (κ2) is 4.69. The van der Waals surface area contributed by atoms with Gasteiger partial charge < -0.3 is 4.90 Å². The molecular formula is C15H14IN. The number of anilines is 1. The van der Waals surface area contributed by atoms with Gasteiger partial charge in [0, 0.05) is 22.3 Å². The maximum absolute atomic E-state index is 2.48. The van der Waals surface area contributed by atoms with E-state index < -0.39 is 0 Å². The van der Waals surface area contributed by atoms with E-state index in [2.05, 4.69) is 76.0 Å². The van der Waals surface area contributed by atoms with Gasteiger partial charge in [-0.25, -0.2) is 0 Å². The summed E-state index contributed by atoms with van der Waals surface area (Å²) < 4.78 is 1.36. The van der Waals surface area contributed by atoms with Crippen molar-refractivity contribution < 1.29 is 0 Å². The van der Waals surface area contributed by atoms with E-state index in [0.29, 0.717) is 0 Å². The van der Waals surface area contributed by atoms with Gasteiger partial charge in [0.25, 0.3) is 0 Å². The number of hydrogen-bond acceptors (Lipinski definition) is 1. The molecule has 1 nitrogen and oxygen atoms in total. The number of rotatable bonds is 2. The van der Waals surface area contributed by atoms with Crippen LogP contribution in [0.25, 0.3) is 0 Å². The Morgan fingerprint density at radius 1 is 1.00 bits per heavy atom. The molecule has 2 aromatic rings. The highest BCUT2D eigenvalue weighted by Crippen LogP contribution is 2.29. The lowest BCUT2D eigenvalue weighted by atomic mass is 10.2. The minimum Gasteiger partial charge on any atom is -0.367 e. The molecule has 1 heterocycles. The predicted octanol–water partition coefficient (Wildman–Crippen LogP) is 3.85. The second-order valence-electron chi connectivity index (χ2n) is 4.39. The van der Waals surface area contributed by atoms with Crippen LogP contribution in [0.3, 0.4) is 0 Å². The molecule has 86 valence electrons. The summed E-state index contributed by atoms with van der Waals surface area (Å²) in [6, 6.07) is 17.4. The lowest BCUT2D eigenvalue weighted by Gasteiger charge is -2.20. The Morgan fingerprint density at radius 2 is 1.76 bits per heavy atom. The maximum Gasteiger partial charge on any atom is 0.0440 e. The molecule has 1 aliphatic heterocycles. The van der Waals surface area contributed by atoms with Crippen molar-refractivity contribution in [3.05, 3.63) is 63.2 Å². The number of nitrogens with zero attached hydrogens (tertiary/aromatic N) is 1. The number of halogens is 1. The van der Waals surface area contributed by atoms with Crippen LogP contribution in [0, 0.1) is 3.57 Å². The van der Waals surface area contributed by atoms with Crippen molar-refractivity contribution in [3.8, 4) is 0 Å². The highest BCUT2D eigenvalue weighted by atomic mass is 127. The molecule has 0 spiro atoms. The molecule has 1 aliphatic rings. The Kier molecular flexibility index (Phi) is 3.05. The molecule has 17 heavy (non-hydrogen) atoms. The average molecular weight is 335 g/mol. The van der Waals surface area contributed by atoms with Gasteiger partial charge in [-0.3, -0.25) is 0 Å². The zero-order valence-electron chi connectivity index (χ0n) is 9.57.